The van der Waals surface area contributed by atoms with Gasteiger partial charge >= 0.3 is 0 Å². The zero-order chi connectivity index (χ0) is 30.7. The van der Waals surface area contributed by atoms with E-state index in [4.69, 9.17) is 0 Å². The number of H-pyrrole nitrogens is 2. The summed E-state index contributed by atoms with van der Waals surface area (Å²) < 4.78 is 0. The molecule has 0 saturated carbocycles. The van der Waals surface area contributed by atoms with Gasteiger partial charge in [-0.3, -0.25) is 0 Å². The molecular formula is C41H38IrN3+. The van der Waals surface area contributed by atoms with Crippen LogP contribution < -0.4 is 9.97 Å². The molecule has 0 saturated heterocycles. The fourth-order valence-corrected chi connectivity index (χ4v) is 5.05. The molecule has 0 aliphatic carbocycles. The van der Waals surface area contributed by atoms with Crippen LogP contribution in [-0.4, -0.2) is 4.98 Å². The first-order valence-electron chi connectivity index (χ1n) is 14.9. The molecule has 0 spiro atoms. The number of aromatic nitrogens is 3. The summed E-state index contributed by atoms with van der Waals surface area (Å²) in [6, 6.07) is 46.5. The molecule has 0 aliphatic rings. The Kier molecular flexibility index (Phi) is 12.0. The molecule has 0 aliphatic heterocycles. The van der Waals surface area contributed by atoms with E-state index in [0.29, 0.717) is 0 Å². The van der Waals surface area contributed by atoms with E-state index >= 15 is 0 Å². The molecule has 225 valence electrons. The summed E-state index contributed by atoms with van der Waals surface area (Å²) in [6.45, 7) is 8.56. The van der Waals surface area contributed by atoms with Crippen molar-refractivity contribution in [3.8, 4) is 33.8 Å². The van der Waals surface area contributed by atoms with Gasteiger partial charge in [0.1, 0.15) is 0 Å². The number of hydrogen-bond donors (Lipinski definition) is 0. The Hall–Kier alpha value is -4.76. The van der Waals surface area contributed by atoms with Gasteiger partial charge in [-0.2, -0.15) is 0 Å². The summed E-state index contributed by atoms with van der Waals surface area (Å²) in [6.07, 6.45) is 5.83. The van der Waals surface area contributed by atoms with Gasteiger partial charge in [0.2, 0.25) is 11.4 Å². The van der Waals surface area contributed by atoms with Gasteiger partial charge in [0.05, 0.1) is 0 Å². The minimum atomic E-state index is 0. The van der Waals surface area contributed by atoms with Gasteiger partial charge in [-0.25, -0.2) is 9.97 Å². The number of hydrogen-bond acceptors (Lipinski definition) is 1. The number of rotatable bonds is 3. The predicted molar refractivity (Wildman–Crippen MR) is 182 cm³/mol. The number of nitrogens with one attached hydrogen (secondary N) is 2. The summed E-state index contributed by atoms with van der Waals surface area (Å²) in [5.41, 5.74) is 12.2. The molecule has 3 nitrogen and oxygen atoms in total. The van der Waals surface area contributed by atoms with Crippen LogP contribution in [0.3, 0.4) is 0 Å². The Morgan fingerprint density at radius 3 is 1.58 bits per heavy atom. The molecule has 7 aromatic rings. The molecule has 0 unspecified atom stereocenters. The average molecular weight is 765 g/mol. The minimum Gasteiger partial charge on any atom is -0.304 e. The Morgan fingerprint density at radius 2 is 1.04 bits per heavy atom. The molecule has 3 heterocycles. The van der Waals surface area contributed by atoms with Crippen molar-refractivity contribution in [2.75, 3.05) is 0 Å². The minimum absolute atomic E-state index is 0. The van der Waals surface area contributed by atoms with Crippen LogP contribution in [0.1, 0.15) is 22.3 Å². The zero-order valence-electron chi connectivity index (χ0n) is 26.1. The second-order valence-corrected chi connectivity index (χ2v) is 10.7. The summed E-state index contributed by atoms with van der Waals surface area (Å²) in [5.74, 6) is 0. The van der Waals surface area contributed by atoms with E-state index in [1.54, 1.807) is 0 Å². The molecule has 3 aromatic heterocycles. The van der Waals surface area contributed by atoms with Gasteiger partial charge in [-0.05, 0) is 85.6 Å². The third kappa shape index (κ3) is 8.45. The standard InChI is InChI=1S/C15H10N.2C13H13N.Ir/c1-2-7-13(8-3-1)15-14-9-5-4-6-12(14)10-11-16-15;2*1-10-8-9-14-13(11(10)2)12-6-4-3-5-7-12;/h1-7,9-11H;2*3-9H,1-2H3;/q-1;;;/p+2. The van der Waals surface area contributed by atoms with Crippen LogP contribution in [0.15, 0.2) is 146 Å². The number of nitrogens with zero attached hydrogens (tertiary/aromatic N) is 1. The molecule has 7 rings (SSSR count). The van der Waals surface area contributed by atoms with Gasteiger partial charge in [-0.1, -0.05) is 60.7 Å². The van der Waals surface area contributed by atoms with Crippen LogP contribution in [0.25, 0.3) is 44.5 Å². The van der Waals surface area contributed by atoms with Crippen molar-refractivity contribution in [1.29, 1.82) is 0 Å². The first-order valence-corrected chi connectivity index (χ1v) is 14.9. The third-order valence-electron chi connectivity index (χ3n) is 7.82. The zero-order valence-corrected chi connectivity index (χ0v) is 28.5. The number of aromatic amines is 2. The smallest absolute Gasteiger partial charge is 0.213 e. The van der Waals surface area contributed by atoms with E-state index in [1.165, 1.54) is 55.5 Å². The average Bonchev–Trinajstić information content (AvgIpc) is 3.09. The van der Waals surface area contributed by atoms with Gasteiger partial charge in [0, 0.05) is 60.7 Å². The van der Waals surface area contributed by atoms with E-state index in [2.05, 4.69) is 122 Å². The maximum absolute atomic E-state index is 4.45. The topological polar surface area (TPSA) is 41.2 Å². The third-order valence-corrected chi connectivity index (χ3v) is 7.82. The van der Waals surface area contributed by atoms with Crippen LogP contribution in [0.2, 0.25) is 0 Å². The number of fused-ring (bicyclic) bond motifs is 1. The van der Waals surface area contributed by atoms with Crippen LogP contribution in [-0.2, 0) is 20.1 Å². The molecule has 2 N–H and O–H groups in total. The van der Waals surface area contributed by atoms with Gasteiger partial charge in [0.25, 0.3) is 0 Å². The monoisotopic (exact) mass is 765 g/mol. The second kappa shape index (κ2) is 16.4. The molecule has 0 bridgehead atoms. The quantitative estimate of drug-likeness (QED) is 0.166. The predicted octanol–water partition coefficient (Wildman–Crippen LogP) is 9.27. The normalized spacial score (nSPS) is 10.0. The molecule has 45 heavy (non-hydrogen) atoms. The van der Waals surface area contributed by atoms with Gasteiger partial charge < -0.3 is 4.98 Å². The largest absolute Gasteiger partial charge is 0.304 e. The fraction of sp³-hybridized carbons (Fsp3) is 0.0976. The number of benzene rings is 4. The first-order chi connectivity index (χ1) is 21.5. The molecule has 1 radical (unpaired) electrons. The van der Waals surface area contributed by atoms with E-state index in [0.717, 1.165) is 11.3 Å². The Labute approximate surface area is 280 Å². The summed E-state index contributed by atoms with van der Waals surface area (Å²) in [5, 5.41) is 2.39. The van der Waals surface area contributed by atoms with Crippen LogP contribution in [0.5, 0.6) is 0 Å². The Bertz CT molecular complexity index is 1850. The SMILES string of the molecule is Cc1cc[nH+]c(-c2ccccc2)c1C.Cc1cc[nH+]c(-c2ccccc2)c1C.[Ir].[c-]1ccccc1-c1nccc2ccccc12. The molecule has 4 aromatic carbocycles. The molecule has 4 heteroatoms. The van der Waals surface area contributed by atoms with Gasteiger partial charge in [0.15, 0.2) is 12.4 Å². The van der Waals surface area contributed by atoms with Crippen molar-refractivity contribution in [2.24, 2.45) is 0 Å². The second-order valence-electron chi connectivity index (χ2n) is 10.7. The summed E-state index contributed by atoms with van der Waals surface area (Å²) in [4.78, 5) is 11.0. The van der Waals surface area contributed by atoms with Crippen molar-refractivity contribution in [3.05, 3.63) is 174 Å². The van der Waals surface area contributed by atoms with Crippen LogP contribution >= 0.6 is 0 Å². The number of pyridine rings is 3. The van der Waals surface area contributed by atoms with Crippen molar-refractivity contribution < 1.29 is 30.1 Å². The molecular weight excluding hydrogens is 727 g/mol. The van der Waals surface area contributed by atoms with Crippen molar-refractivity contribution in [3.63, 3.8) is 0 Å². The first kappa shape index (κ1) is 33.1. The van der Waals surface area contributed by atoms with E-state index in [-0.39, 0.29) is 20.1 Å². The molecule has 0 fully saturated rings. The molecule has 0 amide bonds. The Morgan fingerprint density at radius 1 is 0.533 bits per heavy atom. The number of aryl methyl sites for hydroxylation is 2. The van der Waals surface area contributed by atoms with E-state index in [9.17, 15) is 0 Å². The van der Waals surface area contributed by atoms with E-state index in [1.807, 2.05) is 73.2 Å². The Balaban J connectivity index is 0.000000152. The molecule has 0 atom stereocenters. The van der Waals surface area contributed by atoms with Crippen molar-refractivity contribution in [1.82, 2.24) is 4.98 Å². The van der Waals surface area contributed by atoms with Crippen LogP contribution in [0, 0.1) is 33.8 Å². The fourth-order valence-electron chi connectivity index (χ4n) is 5.05. The maximum Gasteiger partial charge on any atom is 0.213 e. The summed E-state index contributed by atoms with van der Waals surface area (Å²) in [7, 11) is 0. The summed E-state index contributed by atoms with van der Waals surface area (Å²) >= 11 is 0. The van der Waals surface area contributed by atoms with Crippen LogP contribution in [0.4, 0.5) is 0 Å². The van der Waals surface area contributed by atoms with Gasteiger partial charge in [-0.15, -0.1) is 35.9 Å². The van der Waals surface area contributed by atoms with E-state index < -0.39 is 0 Å². The van der Waals surface area contributed by atoms with Crippen molar-refractivity contribution in [2.45, 2.75) is 27.7 Å². The van der Waals surface area contributed by atoms with Crippen molar-refractivity contribution >= 4 is 10.8 Å². The maximum atomic E-state index is 4.45.